The number of amides is 1. The Morgan fingerprint density at radius 2 is 1.74 bits per heavy atom. The number of rotatable bonds is 8. The summed E-state index contributed by atoms with van der Waals surface area (Å²) in [5, 5.41) is 3.17. The maximum absolute atomic E-state index is 13.4. The third kappa shape index (κ3) is 5.05. The van der Waals surface area contributed by atoms with Crippen molar-refractivity contribution in [2.45, 2.75) is 11.0 Å². The summed E-state index contributed by atoms with van der Waals surface area (Å²) in [6.45, 7) is 0.214. The Morgan fingerprint density at radius 1 is 1.06 bits per heavy atom. The van der Waals surface area contributed by atoms with E-state index in [1.54, 1.807) is 43.5 Å². The highest BCUT2D eigenvalue weighted by molar-refractivity contribution is 7.92. The number of carbonyl (C=O) groups excluding carboxylic acids is 1. The van der Waals surface area contributed by atoms with Gasteiger partial charge in [-0.15, -0.1) is 0 Å². The topological polar surface area (TPSA) is 94.2 Å². The molecular formula is C24H23ClN2O6S. The number of para-hydroxylation sites is 4. The molecule has 1 unspecified atom stereocenters. The van der Waals surface area contributed by atoms with Crippen LogP contribution in [0.1, 0.15) is 0 Å². The minimum Gasteiger partial charge on any atom is -0.493 e. The maximum atomic E-state index is 13.4. The second kappa shape index (κ2) is 10.2. The molecule has 0 aromatic heterocycles. The van der Waals surface area contributed by atoms with Crippen LogP contribution in [0.25, 0.3) is 0 Å². The Kier molecular flexibility index (Phi) is 7.14. The van der Waals surface area contributed by atoms with Gasteiger partial charge >= 0.3 is 0 Å². The van der Waals surface area contributed by atoms with Gasteiger partial charge in [-0.2, -0.15) is 0 Å². The van der Waals surface area contributed by atoms with E-state index in [0.717, 1.165) is 0 Å². The molecule has 1 amide bonds. The molecule has 3 aromatic carbocycles. The zero-order valence-electron chi connectivity index (χ0n) is 18.3. The number of benzene rings is 3. The molecule has 1 aliphatic heterocycles. The van der Waals surface area contributed by atoms with Crippen LogP contribution in [-0.4, -0.2) is 47.2 Å². The van der Waals surface area contributed by atoms with Crippen LogP contribution in [0.4, 0.5) is 5.69 Å². The van der Waals surface area contributed by atoms with Crippen LogP contribution in [0, 0.1) is 0 Å². The summed E-state index contributed by atoms with van der Waals surface area (Å²) >= 11 is 5.91. The Bertz CT molecular complexity index is 1270. The predicted octanol–water partition coefficient (Wildman–Crippen LogP) is 3.50. The first-order valence-corrected chi connectivity index (χ1v) is 12.3. The molecule has 178 valence electrons. The van der Waals surface area contributed by atoms with Gasteiger partial charge in [0.2, 0.25) is 0 Å². The monoisotopic (exact) mass is 502 g/mol. The first kappa shape index (κ1) is 23.7. The molecular weight excluding hydrogens is 480 g/mol. The second-order valence-electron chi connectivity index (χ2n) is 7.35. The number of carbonyl (C=O) groups is 1. The highest BCUT2D eigenvalue weighted by Gasteiger charge is 2.37. The fourth-order valence-electron chi connectivity index (χ4n) is 3.49. The molecule has 0 bridgehead atoms. The van der Waals surface area contributed by atoms with Crippen molar-refractivity contribution in [3.63, 3.8) is 0 Å². The lowest BCUT2D eigenvalue weighted by molar-refractivity contribution is -0.127. The third-order valence-electron chi connectivity index (χ3n) is 5.16. The SMILES string of the molecule is COc1ccccc1OCCNC(=O)C1CN(S(=O)(=O)c2ccc(Cl)cc2)c2ccccc2O1. The lowest BCUT2D eigenvalue weighted by atomic mass is 10.2. The first-order valence-electron chi connectivity index (χ1n) is 10.5. The maximum Gasteiger partial charge on any atom is 0.264 e. The summed E-state index contributed by atoms with van der Waals surface area (Å²) in [6, 6.07) is 19.8. The van der Waals surface area contributed by atoms with Crippen molar-refractivity contribution in [2.24, 2.45) is 0 Å². The van der Waals surface area contributed by atoms with E-state index >= 15 is 0 Å². The minimum atomic E-state index is -3.95. The van der Waals surface area contributed by atoms with Gasteiger partial charge in [0.05, 0.1) is 30.8 Å². The van der Waals surface area contributed by atoms with E-state index in [1.165, 1.54) is 28.6 Å². The number of nitrogens with zero attached hydrogens (tertiary/aromatic N) is 1. The minimum absolute atomic E-state index is 0.0676. The Hall–Kier alpha value is -3.43. The Balaban J connectivity index is 1.46. The molecule has 0 radical (unpaired) electrons. The molecule has 4 rings (SSSR count). The second-order valence-corrected chi connectivity index (χ2v) is 9.65. The van der Waals surface area contributed by atoms with Crippen molar-refractivity contribution >= 4 is 33.2 Å². The van der Waals surface area contributed by atoms with Gasteiger partial charge in [0.15, 0.2) is 17.6 Å². The number of nitrogens with one attached hydrogen (secondary N) is 1. The number of halogens is 1. The molecule has 0 saturated heterocycles. The summed E-state index contributed by atoms with van der Waals surface area (Å²) in [5.74, 6) is 0.998. The molecule has 1 atom stereocenters. The molecule has 1 heterocycles. The van der Waals surface area contributed by atoms with Crippen molar-refractivity contribution in [1.29, 1.82) is 0 Å². The number of ether oxygens (including phenoxy) is 3. The Labute approximate surface area is 203 Å². The zero-order valence-corrected chi connectivity index (χ0v) is 19.9. The summed E-state index contributed by atoms with van der Waals surface area (Å²) in [4.78, 5) is 12.9. The van der Waals surface area contributed by atoms with Crippen LogP contribution >= 0.6 is 11.6 Å². The average molecular weight is 503 g/mol. The van der Waals surface area contributed by atoms with E-state index in [9.17, 15) is 13.2 Å². The molecule has 34 heavy (non-hydrogen) atoms. The van der Waals surface area contributed by atoms with E-state index in [4.69, 9.17) is 25.8 Å². The molecule has 0 aliphatic carbocycles. The fourth-order valence-corrected chi connectivity index (χ4v) is 5.09. The number of fused-ring (bicyclic) bond motifs is 1. The molecule has 10 heteroatoms. The third-order valence-corrected chi connectivity index (χ3v) is 7.20. The van der Waals surface area contributed by atoms with Crippen molar-refractivity contribution in [2.75, 3.05) is 31.1 Å². The number of anilines is 1. The van der Waals surface area contributed by atoms with Gasteiger partial charge in [-0.3, -0.25) is 9.10 Å². The highest BCUT2D eigenvalue weighted by atomic mass is 35.5. The quantitative estimate of drug-likeness (QED) is 0.474. The number of hydrogen-bond donors (Lipinski definition) is 1. The van der Waals surface area contributed by atoms with Crippen LogP contribution in [0.3, 0.4) is 0 Å². The summed E-state index contributed by atoms with van der Waals surface area (Å²) in [7, 11) is -2.40. The molecule has 8 nitrogen and oxygen atoms in total. The number of methoxy groups -OCH3 is 1. The van der Waals surface area contributed by atoms with Gasteiger partial charge in [-0.25, -0.2) is 8.42 Å². The van der Waals surface area contributed by atoms with E-state index < -0.39 is 22.0 Å². The lowest BCUT2D eigenvalue weighted by Crippen LogP contribution is -2.51. The smallest absolute Gasteiger partial charge is 0.264 e. The molecule has 0 spiro atoms. The molecule has 0 fully saturated rings. The summed E-state index contributed by atoms with van der Waals surface area (Å²) in [6.07, 6.45) is -1.04. The van der Waals surface area contributed by atoms with Gasteiger partial charge in [-0.1, -0.05) is 35.9 Å². The molecule has 1 N–H and O–H groups in total. The molecule has 1 aliphatic rings. The number of sulfonamides is 1. The van der Waals surface area contributed by atoms with Crippen LogP contribution in [0.15, 0.2) is 77.7 Å². The van der Waals surface area contributed by atoms with Crippen molar-refractivity contribution in [1.82, 2.24) is 5.32 Å². The van der Waals surface area contributed by atoms with E-state index in [1.807, 2.05) is 12.1 Å². The Morgan fingerprint density at radius 3 is 2.47 bits per heavy atom. The van der Waals surface area contributed by atoms with Crippen LogP contribution in [0.2, 0.25) is 5.02 Å². The van der Waals surface area contributed by atoms with Gasteiger partial charge in [0, 0.05) is 5.02 Å². The van der Waals surface area contributed by atoms with Gasteiger partial charge in [0.1, 0.15) is 12.4 Å². The van der Waals surface area contributed by atoms with Crippen LogP contribution < -0.4 is 23.8 Å². The van der Waals surface area contributed by atoms with E-state index in [2.05, 4.69) is 5.32 Å². The van der Waals surface area contributed by atoms with E-state index in [0.29, 0.717) is 28.0 Å². The number of hydrogen-bond acceptors (Lipinski definition) is 6. The first-order chi connectivity index (χ1) is 16.4. The van der Waals surface area contributed by atoms with Crippen molar-refractivity contribution in [3.05, 3.63) is 77.8 Å². The summed E-state index contributed by atoms with van der Waals surface area (Å²) in [5.41, 5.74) is 0.362. The fraction of sp³-hybridized carbons (Fsp3) is 0.208. The van der Waals surface area contributed by atoms with Gasteiger partial charge in [0.25, 0.3) is 15.9 Å². The van der Waals surface area contributed by atoms with Crippen molar-refractivity contribution in [3.8, 4) is 17.2 Å². The highest BCUT2D eigenvalue weighted by Crippen LogP contribution is 2.37. The van der Waals surface area contributed by atoms with Crippen LogP contribution in [-0.2, 0) is 14.8 Å². The predicted molar refractivity (Wildman–Crippen MR) is 128 cm³/mol. The van der Waals surface area contributed by atoms with Gasteiger partial charge in [-0.05, 0) is 48.5 Å². The largest absolute Gasteiger partial charge is 0.493 e. The zero-order chi connectivity index (χ0) is 24.1. The van der Waals surface area contributed by atoms with Gasteiger partial charge < -0.3 is 19.5 Å². The van der Waals surface area contributed by atoms with Crippen LogP contribution in [0.5, 0.6) is 17.2 Å². The standard InChI is InChI=1S/C24H23ClN2O6S/c1-31-21-8-4-5-9-22(21)32-15-14-26-24(28)23-16-27(19-6-2-3-7-20(19)33-23)34(29,30)18-12-10-17(25)11-13-18/h2-13,23H,14-16H2,1H3,(H,26,28). The molecule has 0 saturated carbocycles. The lowest BCUT2D eigenvalue weighted by Gasteiger charge is -2.34. The molecule has 3 aromatic rings. The van der Waals surface area contributed by atoms with E-state index in [-0.39, 0.29) is 24.6 Å². The normalized spacial score (nSPS) is 15.1. The summed E-state index contributed by atoms with van der Waals surface area (Å²) < 4.78 is 44.7. The van der Waals surface area contributed by atoms with Crippen molar-refractivity contribution < 1.29 is 27.4 Å². The average Bonchev–Trinajstić information content (AvgIpc) is 2.86.